The number of rotatable bonds is 3. The summed E-state index contributed by atoms with van der Waals surface area (Å²) in [5, 5.41) is 8.23. The first-order chi connectivity index (χ1) is 8.90. The lowest BCUT2D eigenvalue weighted by Crippen LogP contribution is -2.14. The van der Waals surface area contributed by atoms with Gasteiger partial charge in [0.1, 0.15) is 0 Å². The number of nitrogens with one attached hydrogen (secondary N) is 2. The predicted molar refractivity (Wildman–Crippen MR) is 70.9 cm³/mol. The van der Waals surface area contributed by atoms with Gasteiger partial charge < -0.3 is 0 Å². The third-order valence-corrected chi connectivity index (χ3v) is 2.42. The maximum Gasteiger partial charge on any atom is 0.267 e. The molecule has 7 heteroatoms. The van der Waals surface area contributed by atoms with E-state index in [4.69, 9.17) is 5.21 Å². The second-order valence-electron chi connectivity index (χ2n) is 3.53. The number of hydrogen-bond acceptors (Lipinski definition) is 4. The van der Waals surface area contributed by atoms with Crippen LogP contribution in [0.3, 0.4) is 0 Å². The van der Waals surface area contributed by atoms with Crippen LogP contribution in [-0.2, 0) is 14.8 Å². The lowest BCUT2D eigenvalue weighted by Gasteiger charge is -2.03. The molecular weight excluding hydrogens is 268 g/mol. The molecule has 1 aromatic rings. The molecule has 0 saturated carbocycles. The number of carbonyl (C=O) groups is 1. The Hall–Kier alpha value is -2.30. The average Bonchev–Trinajstić information content (AvgIpc) is 2.32. The van der Waals surface area contributed by atoms with E-state index < -0.39 is 15.9 Å². The largest absolute Gasteiger partial charge is 0.288 e. The van der Waals surface area contributed by atoms with Gasteiger partial charge in [0.25, 0.3) is 5.91 Å². The van der Waals surface area contributed by atoms with Crippen molar-refractivity contribution in [3.05, 3.63) is 42.0 Å². The highest BCUT2D eigenvalue weighted by Crippen LogP contribution is 2.10. The molecule has 0 saturated heterocycles. The van der Waals surface area contributed by atoms with E-state index in [-0.39, 0.29) is 0 Å². The average molecular weight is 280 g/mol. The van der Waals surface area contributed by atoms with E-state index in [9.17, 15) is 13.2 Å². The van der Waals surface area contributed by atoms with Crippen LogP contribution in [-0.4, -0.2) is 25.8 Å². The minimum atomic E-state index is -3.33. The van der Waals surface area contributed by atoms with E-state index in [0.717, 1.165) is 12.3 Å². The lowest BCUT2D eigenvalue weighted by atomic mass is 10.2. The fourth-order valence-corrected chi connectivity index (χ4v) is 1.71. The van der Waals surface area contributed by atoms with Gasteiger partial charge in [-0.2, -0.15) is 0 Å². The maximum absolute atomic E-state index is 11.1. The van der Waals surface area contributed by atoms with Crippen LogP contribution < -0.4 is 10.2 Å². The van der Waals surface area contributed by atoms with Crippen molar-refractivity contribution in [1.82, 2.24) is 5.48 Å². The Morgan fingerprint density at radius 2 is 2.16 bits per heavy atom. The van der Waals surface area contributed by atoms with Crippen LogP contribution in [0.4, 0.5) is 5.69 Å². The van der Waals surface area contributed by atoms with Crippen molar-refractivity contribution < 1.29 is 18.4 Å². The van der Waals surface area contributed by atoms with Crippen molar-refractivity contribution in [3.63, 3.8) is 0 Å². The highest BCUT2D eigenvalue weighted by atomic mass is 32.2. The highest BCUT2D eigenvalue weighted by molar-refractivity contribution is 7.92. The van der Waals surface area contributed by atoms with Gasteiger partial charge in [0.05, 0.1) is 6.26 Å². The summed E-state index contributed by atoms with van der Waals surface area (Å²) < 4.78 is 24.4. The van der Waals surface area contributed by atoms with Gasteiger partial charge in [-0.3, -0.25) is 14.7 Å². The molecule has 0 atom stereocenters. The summed E-state index contributed by atoms with van der Waals surface area (Å²) in [6.45, 7) is 0. The molecule has 0 aliphatic carbocycles. The number of benzene rings is 1. The van der Waals surface area contributed by atoms with Gasteiger partial charge in [-0.1, -0.05) is 17.9 Å². The van der Waals surface area contributed by atoms with Gasteiger partial charge in [-0.15, -0.1) is 0 Å². The van der Waals surface area contributed by atoms with Crippen molar-refractivity contribution >= 4 is 21.6 Å². The second-order valence-corrected chi connectivity index (χ2v) is 5.28. The first kappa shape index (κ1) is 14.8. The Morgan fingerprint density at radius 1 is 1.42 bits per heavy atom. The summed E-state index contributed by atoms with van der Waals surface area (Å²) in [5.41, 5.74) is 2.42. The molecule has 3 N–H and O–H groups in total. The van der Waals surface area contributed by atoms with Crippen LogP contribution in [0.1, 0.15) is 5.56 Å². The van der Waals surface area contributed by atoms with E-state index in [0.29, 0.717) is 11.3 Å². The minimum absolute atomic E-state index is 0.409. The highest BCUT2D eigenvalue weighted by Gasteiger charge is 2.01. The van der Waals surface area contributed by atoms with Gasteiger partial charge in [0.2, 0.25) is 10.0 Å². The Morgan fingerprint density at radius 3 is 2.79 bits per heavy atom. The van der Waals surface area contributed by atoms with Gasteiger partial charge >= 0.3 is 0 Å². The molecule has 1 amide bonds. The van der Waals surface area contributed by atoms with Crippen LogP contribution in [0, 0.1) is 11.8 Å². The molecule has 19 heavy (non-hydrogen) atoms. The van der Waals surface area contributed by atoms with E-state index in [2.05, 4.69) is 16.6 Å². The van der Waals surface area contributed by atoms with Gasteiger partial charge in [0, 0.05) is 17.3 Å². The maximum atomic E-state index is 11.1. The first-order valence-corrected chi connectivity index (χ1v) is 7.00. The number of carbonyl (C=O) groups excluding carboxylic acids is 1. The normalized spacial score (nSPS) is 10.6. The Labute approximate surface area is 111 Å². The molecule has 1 rings (SSSR count). The van der Waals surface area contributed by atoms with Gasteiger partial charge in [0.15, 0.2) is 0 Å². The molecule has 0 spiro atoms. The standard InChI is InChI=1S/C12H12N2O4S/c1-19(17,18)14-11-7-4-6-10(9-11)5-2-3-8-12(15)13-16/h3-4,6-9,14,16H,1H3,(H,13,15). The number of hydrogen-bond donors (Lipinski definition) is 3. The fraction of sp³-hybridized carbons (Fsp3) is 0.0833. The molecule has 0 unspecified atom stereocenters. The predicted octanol–water partition coefficient (Wildman–Crippen LogP) is 0.471. The van der Waals surface area contributed by atoms with E-state index in [1.54, 1.807) is 24.3 Å². The third kappa shape index (κ3) is 6.26. The molecule has 0 aliphatic rings. The number of anilines is 1. The van der Waals surface area contributed by atoms with Crippen LogP contribution >= 0.6 is 0 Å². The monoisotopic (exact) mass is 280 g/mol. The van der Waals surface area contributed by atoms with Crippen LogP contribution in [0.5, 0.6) is 0 Å². The number of sulfonamides is 1. The second kappa shape index (κ2) is 6.58. The SMILES string of the molecule is CS(=O)(=O)Nc1cccc(C#CC=CC(=O)NO)c1. The van der Waals surface area contributed by atoms with E-state index in [1.807, 2.05) is 0 Å². The van der Waals surface area contributed by atoms with Crippen LogP contribution in [0.2, 0.25) is 0 Å². The Bertz CT molecular complexity index is 654. The number of allylic oxidation sites excluding steroid dienone is 1. The molecule has 100 valence electrons. The molecule has 0 heterocycles. The quantitative estimate of drug-likeness (QED) is 0.324. The number of hydroxylamine groups is 1. The van der Waals surface area contributed by atoms with Crippen molar-refractivity contribution in [2.75, 3.05) is 11.0 Å². The van der Waals surface area contributed by atoms with Gasteiger partial charge in [-0.25, -0.2) is 13.9 Å². The summed E-state index contributed by atoms with van der Waals surface area (Å²) in [5.74, 6) is 4.62. The Kier molecular flexibility index (Phi) is 5.11. The molecular formula is C12H12N2O4S. The summed E-state index contributed by atoms with van der Waals surface area (Å²) >= 11 is 0. The molecule has 0 bridgehead atoms. The zero-order valence-corrected chi connectivity index (χ0v) is 10.9. The fourth-order valence-electron chi connectivity index (χ4n) is 1.15. The Balaban J connectivity index is 2.81. The number of amides is 1. The molecule has 0 fully saturated rings. The summed E-state index contributed by atoms with van der Waals surface area (Å²) in [6.07, 6.45) is 3.38. The summed E-state index contributed by atoms with van der Waals surface area (Å²) in [4.78, 5) is 10.6. The van der Waals surface area contributed by atoms with Crippen molar-refractivity contribution in [1.29, 1.82) is 0 Å². The van der Waals surface area contributed by atoms with Gasteiger partial charge in [-0.05, 0) is 24.3 Å². The molecule has 6 nitrogen and oxygen atoms in total. The summed E-state index contributed by atoms with van der Waals surface area (Å²) in [6, 6.07) is 6.51. The van der Waals surface area contributed by atoms with E-state index in [1.165, 1.54) is 11.6 Å². The first-order valence-electron chi connectivity index (χ1n) is 5.11. The minimum Gasteiger partial charge on any atom is -0.288 e. The van der Waals surface area contributed by atoms with Crippen LogP contribution in [0.25, 0.3) is 0 Å². The topological polar surface area (TPSA) is 95.5 Å². The molecule has 0 aromatic heterocycles. The summed E-state index contributed by atoms with van der Waals surface area (Å²) in [7, 11) is -3.33. The lowest BCUT2D eigenvalue weighted by molar-refractivity contribution is -0.124. The van der Waals surface area contributed by atoms with Crippen molar-refractivity contribution in [2.24, 2.45) is 0 Å². The van der Waals surface area contributed by atoms with Crippen molar-refractivity contribution in [2.45, 2.75) is 0 Å². The smallest absolute Gasteiger partial charge is 0.267 e. The zero-order valence-electron chi connectivity index (χ0n) is 10.0. The molecule has 1 aromatic carbocycles. The van der Waals surface area contributed by atoms with E-state index >= 15 is 0 Å². The van der Waals surface area contributed by atoms with Crippen molar-refractivity contribution in [3.8, 4) is 11.8 Å². The molecule has 0 radical (unpaired) electrons. The zero-order chi connectivity index (χ0) is 14.3. The van der Waals surface area contributed by atoms with Crippen LogP contribution in [0.15, 0.2) is 36.4 Å². The third-order valence-electron chi connectivity index (χ3n) is 1.81. The molecule has 0 aliphatic heterocycles.